The number of rotatable bonds is 0. The topological polar surface area (TPSA) is 0 Å². The van der Waals surface area contributed by atoms with Gasteiger partial charge in [-0.1, -0.05) is 52.3 Å². The van der Waals surface area contributed by atoms with Crippen LogP contribution < -0.4 is 0 Å². The predicted octanol–water partition coefficient (Wildman–Crippen LogP) is 4.05. The van der Waals surface area contributed by atoms with E-state index in [-0.39, 0.29) is 0 Å². The lowest BCUT2D eigenvalue weighted by Crippen LogP contribution is -1.77. The maximum absolute atomic E-state index is 3.57. The lowest BCUT2D eigenvalue weighted by molar-refractivity contribution is 1.72. The Labute approximate surface area is 85.0 Å². The zero-order valence-electron chi connectivity index (χ0n) is 6.92. The molecule has 0 saturated heterocycles. The summed E-state index contributed by atoms with van der Waals surface area (Å²) < 4.78 is 1.19. The first-order chi connectivity index (χ1) is 6.36. The summed E-state index contributed by atoms with van der Waals surface area (Å²) in [6.45, 7) is 0. The van der Waals surface area contributed by atoms with Crippen molar-refractivity contribution in [3.63, 3.8) is 0 Å². The number of hydrogen-bond acceptors (Lipinski definition) is 0. The summed E-state index contributed by atoms with van der Waals surface area (Å²) in [6, 6.07) is 12.8. The monoisotopic (exact) mass is 230 g/mol. The minimum Gasteiger partial charge on any atom is -0.0610 e. The van der Waals surface area contributed by atoms with Gasteiger partial charge in [0.05, 0.1) is 0 Å². The normalized spacial score (nSPS) is 13.5. The van der Waals surface area contributed by atoms with Gasteiger partial charge >= 0.3 is 0 Å². The molecule has 0 spiro atoms. The highest BCUT2D eigenvalue weighted by Crippen LogP contribution is 2.38. The highest BCUT2D eigenvalue weighted by Gasteiger charge is 2.12. The van der Waals surface area contributed by atoms with Gasteiger partial charge in [0.2, 0.25) is 0 Å². The average molecular weight is 231 g/mol. The second-order valence-electron chi connectivity index (χ2n) is 3.24. The quantitative estimate of drug-likeness (QED) is 0.641. The molecule has 13 heavy (non-hydrogen) atoms. The summed E-state index contributed by atoms with van der Waals surface area (Å²) in [4.78, 5) is 0. The second-order valence-corrected chi connectivity index (χ2v) is 4.10. The molecule has 0 bridgehead atoms. The van der Waals surface area contributed by atoms with Crippen LogP contribution in [0.5, 0.6) is 0 Å². The Morgan fingerprint density at radius 3 is 2.54 bits per heavy atom. The summed E-state index contributed by atoms with van der Waals surface area (Å²) in [5, 5.41) is 2.69. The van der Waals surface area contributed by atoms with E-state index in [9.17, 15) is 0 Å². The van der Waals surface area contributed by atoms with Crippen LogP contribution in [0, 0.1) is 0 Å². The zero-order chi connectivity index (χ0) is 8.84. The van der Waals surface area contributed by atoms with Gasteiger partial charge in [-0.15, -0.1) is 0 Å². The van der Waals surface area contributed by atoms with Gasteiger partial charge in [0.1, 0.15) is 0 Å². The molecule has 0 unspecified atom stereocenters. The van der Waals surface area contributed by atoms with Crippen molar-refractivity contribution in [2.75, 3.05) is 0 Å². The van der Waals surface area contributed by atoms with Gasteiger partial charge in [0.25, 0.3) is 0 Å². The fourth-order valence-electron chi connectivity index (χ4n) is 1.90. The molecule has 1 aliphatic rings. The Kier molecular flexibility index (Phi) is 1.39. The average Bonchev–Trinajstić information content (AvgIpc) is 2.47. The first-order valence-corrected chi connectivity index (χ1v) is 5.05. The van der Waals surface area contributed by atoms with Crippen molar-refractivity contribution in [3.05, 3.63) is 47.5 Å². The molecule has 1 heteroatoms. The van der Waals surface area contributed by atoms with Gasteiger partial charge in [-0.2, -0.15) is 0 Å². The molecule has 0 saturated carbocycles. The van der Waals surface area contributed by atoms with Crippen LogP contribution in [0.15, 0.2) is 36.4 Å². The van der Waals surface area contributed by atoms with E-state index in [0.29, 0.717) is 0 Å². The van der Waals surface area contributed by atoms with E-state index in [2.05, 4.69) is 58.4 Å². The lowest BCUT2D eigenvalue weighted by Gasteiger charge is -2.00. The van der Waals surface area contributed by atoms with Gasteiger partial charge in [0.15, 0.2) is 0 Å². The van der Waals surface area contributed by atoms with Crippen LogP contribution in [0.4, 0.5) is 0 Å². The Bertz CT molecular complexity index is 518. The van der Waals surface area contributed by atoms with Crippen molar-refractivity contribution in [1.82, 2.24) is 0 Å². The molecule has 0 aromatic heterocycles. The lowest BCUT2D eigenvalue weighted by atomic mass is 10.0. The van der Waals surface area contributed by atoms with Crippen LogP contribution in [-0.2, 0) is 0 Å². The molecule has 2 aromatic carbocycles. The Morgan fingerprint density at radius 1 is 0.923 bits per heavy atom. The minimum atomic E-state index is 1.19. The van der Waals surface area contributed by atoms with E-state index in [1.54, 1.807) is 0 Å². The van der Waals surface area contributed by atoms with Gasteiger partial charge in [-0.3, -0.25) is 0 Å². The third-order valence-electron chi connectivity index (χ3n) is 2.48. The van der Waals surface area contributed by atoms with Crippen molar-refractivity contribution >= 4 is 37.3 Å². The van der Waals surface area contributed by atoms with E-state index in [0.717, 1.165) is 0 Å². The van der Waals surface area contributed by atoms with E-state index in [1.807, 2.05) is 0 Å². The molecular weight excluding hydrogens is 224 g/mol. The Balaban J connectivity index is 2.59. The van der Waals surface area contributed by atoms with Crippen LogP contribution in [0.3, 0.4) is 0 Å². The summed E-state index contributed by atoms with van der Waals surface area (Å²) in [5.41, 5.74) is 2.63. The Hall–Kier alpha value is -1.08. The van der Waals surface area contributed by atoms with Gasteiger partial charge in [-0.05, 0) is 28.0 Å². The molecule has 0 fully saturated rings. The largest absolute Gasteiger partial charge is 0.0610 e. The van der Waals surface area contributed by atoms with Gasteiger partial charge in [-0.25, -0.2) is 0 Å². The molecule has 0 amide bonds. The highest BCUT2D eigenvalue weighted by molar-refractivity contribution is 9.15. The van der Waals surface area contributed by atoms with Crippen molar-refractivity contribution in [1.29, 1.82) is 0 Å². The van der Waals surface area contributed by atoms with Crippen molar-refractivity contribution < 1.29 is 0 Å². The summed E-state index contributed by atoms with van der Waals surface area (Å²) in [6.07, 6.45) is 2.18. The fourth-order valence-corrected chi connectivity index (χ4v) is 2.48. The molecule has 1 aliphatic carbocycles. The molecule has 3 rings (SSSR count). The van der Waals surface area contributed by atoms with Crippen LogP contribution in [0.2, 0.25) is 0 Å². The SMILES string of the molecule is BrC1=Cc2cccc3cccc1c23. The van der Waals surface area contributed by atoms with Crippen LogP contribution >= 0.6 is 15.9 Å². The molecule has 0 radical (unpaired) electrons. The van der Waals surface area contributed by atoms with E-state index >= 15 is 0 Å². The van der Waals surface area contributed by atoms with Crippen molar-refractivity contribution in [2.45, 2.75) is 0 Å². The fraction of sp³-hybridized carbons (Fsp3) is 0. The third-order valence-corrected chi connectivity index (χ3v) is 3.13. The molecular formula is C12H7Br. The number of benzene rings is 2. The molecule has 0 atom stereocenters. The van der Waals surface area contributed by atoms with Crippen LogP contribution in [0.25, 0.3) is 21.3 Å². The van der Waals surface area contributed by atoms with E-state index < -0.39 is 0 Å². The first-order valence-electron chi connectivity index (χ1n) is 4.25. The van der Waals surface area contributed by atoms with Crippen LogP contribution in [0.1, 0.15) is 11.1 Å². The van der Waals surface area contributed by atoms with E-state index in [4.69, 9.17) is 0 Å². The van der Waals surface area contributed by atoms with Crippen molar-refractivity contribution in [3.8, 4) is 0 Å². The Morgan fingerprint density at radius 2 is 1.69 bits per heavy atom. The third kappa shape index (κ3) is 0.909. The molecule has 0 N–H and O–H groups in total. The standard InChI is InChI=1S/C12H7Br/c13-11-7-9-5-1-3-8-4-2-6-10(11)12(8)9/h1-7H. The van der Waals surface area contributed by atoms with E-state index in [1.165, 1.54) is 26.4 Å². The number of hydrogen-bond donors (Lipinski definition) is 0. The predicted molar refractivity (Wildman–Crippen MR) is 60.7 cm³/mol. The maximum Gasteiger partial charge on any atom is 0.0260 e. The maximum atomic E-state index is 3.57. The number of halogens is 1. The minimum absolute atomic E-state index is 1.19. The summed E-state index contributed by atoms with van der Waals surface area (Å²) in [7, 11) is 0. The smallest absolute Gasteiger partial charge is 0.0260 e. The molecule has 0 heterocycles. The molecule has 0 nitrogen and oxygen atoms in total. The molecule has 2 aromatic rings. The van der Waals surface area contributed by atoms with Gasteiger partial charge < -0.3 is 0 Å². The highest BCUT2D eigenvalue weighted by atomic mass is 79.9. The summed E-state index contributed by atoms with van der Waals surface area (Å²) in [5.74, 6) is 0. The van der Waals surface area contributed by atoms with Gasteiger partial charge in [0, 0.05) is 4.48 Å². The van der Waals surface area contributed by atoms with Crippen LogP contribution in [-0.4, -0.2) is 0 Å². The second kappa shape index (κ2) is 2.46. The summed E-state index contributed by atoms with van der Waals surface area (Å²) >= 11 is 3.57. The van der Waals surface area contributed by atoms with Crippen molar-refractivity contribution in [2.24, 2.45) is 0 Å². The molecule has 0 aliphatic heterocycles. The molecule has 62 valence electrons. The zero-order valence-corrected chi connectivity index (χ0v) is 8.51. The first kappa shape index (κ1) is 7.34.